The Morgan fingerprint density at radius 2 is 1.69 bits per heavy atom. The minimum absolute atomic E-state index is 0.190. The summed E-state index contributed by atoms with van der Waals surface area (Å²) in [6, 6.07) is 0. The first-order valence-electron chi connectivity index (χ1n) is 3.32. The molecule has 0 rings (SSSR count). The Morgan fingerprint density at radius 3 is 2.00 bits per heavy atom. The van der Waals surface area contributed by atoms with Crippen LogP contribution in [-0.4, -0.2) is 17.9 Å². The van der Waals surface area contributed by atoms with Crippen molar-refractivity contribution in [2.75, 3.05) is 0 Å². The number of alkyl halides is 5. The number of halogens is 5. The Balaban J connectivity index is 4.45. The van der Waals surface area contributed by atoms with E-state index in [0.717, 1.165) is 6.08 Å². The summed E-state index contributed by atoms with van der Waals surface area (Å²) in [4.78, 5) is 10.4. The van der Waals surface area contributed by atoms with Crippen molar-refractivity contribution in [3.63, 3.8) is 0 Å². The summed E-state index contributed by atoms with van der Waals surface area (Å²) in [7, 11) is 0. The molecule has 0 fully saturated rings. The van der Waals surface area contributed by atoms with Gasteiger partial charge in [-0.1, -0.05) is 6.08 Å². The number of allylic oxidation sites excluding steroid dienone is 1. The van der Waals surface area contributed by atoms with Crippen LogP contribution in [0.5, 0.6) is 0 Å². The number of carbonyl (C=O) groups is 1. The molecule has 6 heteroatoms. The van der Waals surface area contributed by atoms with Crippen LogP contribution in [0.25, 0.3) is 0 Å². The van der Waals surface area contributed by atoms with Crippen molar-refractivity contribution in [3.8, 4) is 0 Å². The SMILES string of the molecule is C=CCCC(=O)C(F)(F)C(F)(F)F. The summed E-state index contributed by atoms with van der Waals surface area (Å²) in [6.45, 7) is 3.10. The molecule has 0 aliphatic carbocycles. The average molecular weight is 202 g/mol. The standard InChI is InChI=1S/C7H7F5O/c1-2-3-4-5(13)6(8,9)7(10,11)12/h2H,1,3-4H2. The third-order valence-corrected chi connectivity index (χ3v) is 1.28. The van der Waals surface area contributed by atoms with Crippen LogP contribution in [0.15, 0.2) is 12.7 Å². The van der Waals surface area contributed by atoms with Gasteiger partial charge < -0.3 is 0 Å². The van der Waals surface area contributed by atoms with Gasteiger partial charge in [-0.05, 0) is 6.42 Å². The molecule has 0 N–H and O–H groups in total. The van der Waals surface area contributed by atoms with Crippen molar-refractivity contribution in [3.05, 3.63) is 12.7 Å². The van der Waals surface area contributed by atoms with E-state index >= 15 is 0 Å². The fourth-order valence-electron chi connectivity index (χ4n) is 0.548. The van der Waals surface area contributed by atoms with Crippen LogP contribution in [0.1, 0.15) is 12.8 Å². The summed E-state index contributed by atoms with van der Waals surface area (Å²) in [6.07, 6.45) is -5.74. The first-order chi connectivity index (χ1) is 5.73. The Morgan fingerprint density at radius 1 is 1.23 bits per heavy atom. The lowest BCUT2D eigenvalue weighted by Crippen LogP contribution is -2.43. The molecule has 0 aromatic heterocycles. The number of carbonyl (C=O) groups excluding carboxylic acids is 1. The minimum Gasteiger partial charge on any atom is -0.293 e. The van der Waals surface area contributed by atoms with E-state index in [0.29, 0.717) is 0 Å². The van der Waals surface area contributed by atoms with Crippen LogP contribution in [0.4, 0.5) is 22.0 Å². The van der Waals surface area contributed by atoms with Crippen LogP contribution >= 0.6 is 0 Å². The number of hydrogen-bond donors (Lipinski definition) is 0. The third-order valence-electron chi connectivity index (χ3n) is 1.28. The molecule has 0 bridgehead atoms. The summed E-state index contributed by atoms with van der Waals surface area (Å²) >= 11 is 0. The largest absolute Gasteiger partial charge is 0.461 e. The molecule has 0 atom stereocenters. The van der Waals surface area contributed by atoms with Crippen molar-refractivity contribution < 1.29 is 26.7 Å². The van der Waals surface area contributed by atoms with Crippen molar-refractivity contribution >= 4 is 5.78 Å². The molecule has 1 nitrogen and oxygen atoms in total. The van der Waals surface area contributed by atoms with E-state index in [1.165, 1.54) is 0 Å². The maximum atomic E-state index is 12.1. The van der Waals surface area contributed by atoms with Gasteiger partial charge in [0, 0.05) is 6.42 Å². The summed E-state index contributed by atoms with van der Waals surface area (Å²) < 4.78 is 58.8. The molecule has 0 saturated carbocycles. The van der Waals surface area contributed by atoms with E-state index in [1.54, 1.807) is 0 Å². The van der Waals surface area contributed by atoms with Crippen LogP contribution in [-0.2, 0) is 4.79 Å². The number of Topliss-reactive ketones (excluding diaryl/α,β-unsaturated/α-hetero) is 1. The first-order valence-corrected chi connectivity index (χ1v) is 3.32. The lowest BCUT2D eigenvalue weighted by Gasteiger charge is -2.17. The van der Waals surface area contributed by atoms with E-state index in [-0.39, 0.29) is 6.42 Å². The second kappa shape index (κ2) is 3.85. The number of hydrogen-bond acceptors (Lipinski definition) is 1. The van der Waals surface area contributed by atoms with E-state index in [9.17, 15) is 26.7 Å². The molecule has 0 saturated heterocycles. The molecule has 0 unspecified atom stereocenters. The maximum absolute atomic E-state index is 12.1. The summed E-state index contributed by atoms with van der Waals surface area (Å²) in [5, 5.41) is 0. The number of ketones is 1. The molecular weight excluding hydrogens is 195 g/mol. The normalized spacial score (nSPS) is 12.7. The van der Waals surface area contributed by atoms with Gasteiger partial charge in [0.1, 0.15) is 0 Å². The van der Waals surface area contributed by atoms with Gasteiger partial charge in [-0.25, -0.2) is 0 Å². The Bertz CT molecular complexity index is 205. The van der Waals surface area contributed by atoms with Gasteiger partial charge in [0.05, 0.1) is 0 Å². The van der Waals surface area contributed by atoms with Crippen molar-refractivity contribution in [2.24, 2.45) is 0 Å². The predicted molar refractivity (Wildman–Crippen MR) is 35.4 cm³/mol. The fraction of sp³-hybridized carbons (Fsp3) is 0.571. The zero-order chi connectivity index (χ0) is 10.7. The van der Waals surface area contributed by atoms with E-state index in [1.807, 2.05) is 0 Å². The average Bonchev–Trinajstić information content (AvgIpc) is 1.97. The molecule has 0 aromatic rings. The van der Waals surface area contributed by atoms with Crippen LogP contribution < -0.4 is 0 Å². The van der Waals surface area contributed by atoms with Crippen molar-refractivity contribution in [1.29, 1.82) is 0 Å². The van der Waals surface area contributed by atoms with Gasteiger partial charge in [0.2, 0.25) is 5.78 Å². The molecule has 0 spiro atoms. The van der Waals surface area contributed by atoms with Crippen molar-refractivity contribution in [2.45, 2.75) is 24.9 Å². The molecule has 0 aliphatic heterocycles. The molecule has 76 valence electrons. The van der Waals surface area contributed by atoms with E-state index in [2.05, 4.69) is 6.58 Å². The molecule has 0 aliphatic rings. The Hall–Kier alpha value is -0.940. The summed E-state index contributed by atoms with van der Waals surface area (Å²) in [5.74, 6) is -7.37. The molecule has 0 amide bonds. The zero-order valence-corrected chi connectivity index (χ0v) is 6.50. The minimum atomic E-state index is -5.80. The first kappa shape index (κ1) is 12.1. The van der Waals surface area contributed by atoms with Gasteiger partial charge >= 0.3 is 12.1 Å². The van der Waals surface area contributed by atoms with Gasteiger partial charge in [-0.3, -0.25) is 4.79 Å². The van der Waals surface area contributed by atoms with E-state index in [4.69, 9.17) is 0 Å². The smallest absolute Gasteiger partial charge is 0.293 e. The highest BCUT2D eigenvalue weighted by Crippen LogP contribution is 2.36. The highest BCUT2D eigenvalue weighted by molar-refractivity contribution is 5.86. The molecule has 0 heterocycles. The Labute approximate surface area is 71.2 Å². The highest BCUT2D eigenvalue weighted by Gasteiger charge is 2.62. The summed E-state index contributed by atoms with van der Waals surface area (Å²) in [5.41, 5.74) is 0. The second-order valence-corrected chi connectivity index (χ2v) is 2.32. The zero-order valence-electron chi connectivity index (χ0n) is 6.50. The van der Waals surface area contributed by atoms with Crippen LogP contribution in [0.2, 0.25) is 0 Å². The molecular formula is C7H7F5O. The third kappa shape index (κ3) is 2.78. The van der Waals surface area contributed by atoms with Crippen LogP contribution in [0.3, 0.4) is 0 Å². The van der Waals surface area contributed by atoms with Crippen molar-refractivity contribution in [1.82, 2.24) is 0 Å². The van der Waals surface area contributed by atoms with E-state index < -0.39 is 24.3 Å². The fourth-order valence-corrected chi connectivity index (χ4v) is 0.548. The monoisotopic (exact) mass is 202 g/mol. The maximum Gasteiger partial charge on any atom is 0.461 e. The quantitative estimate of drug-likeness (QED) is 0.506. The molecule has 0 radical (unpaired) electrons. The molecule has 13 heavy (non-hydrogen) atoms. The predicted octanol–water partition coefficient (Wildman–Crippen LogP) is 2.72. The van der Waals surface area contributed by atoms with Gasteiger partial charge in [-0.15, -0.1) is 6.58 Å². The topological polar surface area (TPSA) is 17.1 Å². The highest BCUT2D eigenvalue weighted by atomic mass is 19.4. The van der Waals surface area contributed by atoms with Crippen LogP contribution in [0, 0.1) is 0 Å². The second-order valence-electron chi connectivity index (χ2n) is 2.32. The number of rotatable bonds is 4. The molecule has 0 aromatic carbocycles. The van der Waals surface area contributed by atoms with Gasteiger partial charge in [0.15, 0.2) is 0 Å². The lowest BCUT2D eigenvalue weighted by molar-refractivity contribution is -0.268. The van der Waals surface area contributed by atoms with Gasteiger partial charge in [-0.2, -0.15) is 22.0 Å². The lowest BCUT2D eigenvalue weighted by atomic mass is 10.1. The Kier molecular flexibility index (Phi) is 3.57. The van der Waals surface area contributed by atoms with Gasteiger partial charge in [0.25, 0.3) is 0 Å².